The Bertz CT molecular complexity index is 801. The van der Waals surface area contributed by atoms with Gasteiger partial charge in [0.1, 0.15) is 6.33 Å². The number of benzene rings is 1. The van der Waals surface area contributed by atoms with Gasteiger partial charge >= 0.3 is 0 Å². The predicted molar refractivity (Wildman–Crippen MR) is 84.3 cm³/mol. The van der Waals surface area contributed by atoms with E-state index in [1.54, 1.807) is 11.0 Å². The maximum atomic E-state index is 5.82. The van der Waals surface area contributed by atoms with E-state index in [1.807, 2.05) is 24.3 Å². The second-order valence-corrected chi connectivity index (χ2v) is 6.00. The molecule has 0 spiro atoms. The number of aromatic nitrogens is 6. The van der Waals surface area contributed by atoms with Crippen molar-refractivity contribution in [1.29, 1.82) is 0 Å². The quantitative estimate of drug-likeness (QED) is 0.709. The van der Waals surface area contributed by atoms with Gasteiger partial charge in [0.15, 0.2) is 0 Å². The zero-order chi connectivity index (χ0) is 16.4. The molecule has 3 heterocycles. The molecular weight excluding hydrogens is 308 g/mol. The van der Waals surface area contributed by atoms with Gasteiger partial charge in [-0.3, -0.25) is 0 Å². The third-order valence-electron chi connectivity index (χ3n) is 4.19. The van der Waals surface area contributed by atoms with Gasteiger partial charge in [-0.15, -0.1) is 5.10 Å². The second kappa shape index (κ2) is 6.48. The van der Waals surface area contributed by atoms with E-state index >= 15 is 0 Å². The number of rotatable bonds is 5. The topological polar surface area (TPSA) is 91.8 Å². The molecule has 0 radical (unpaired) electrons. The van der Waals surface area contributed by atoms with Crippen LogP contribution in [0.15, 0.2) is 35.1 Å². The highest BCUT2D eigenvalue weighted by molar-refractivity contribution is 5.58. The van der Waals surface area contributed by atoms with Gasteiger partial charge in [0, 0.05) is 12.0 Å². The summed E-state index contributed by atoms with van der Waals surface area (Å²) in [6, 6.07) is 7.69. The fourth-order valence-electron chi connectivity index (χ4n) is 2.92. The molecule has 4 rings (SSSR count). The summed E-state index contributed by atoms with van der Waals surface area (Å²) in [5, 5.41) is 15.3. The molecule has 2 atom stereocenters. The van der Waals surface area contributed by atoms with Gasteiger partial charge in [-0.05, 0) is 48.7 Å². The van der Waals surface area contributed by atoms with Crippen LogP contribution in [-0.4, -0.2) is 42.6 Å². The lowest BCUT2D eigenvalue weighted by Crippen LogP contribution is -2.09. The molecule has 2 aromatic heterocycles. The van der Waals surface area contributed by atoms with Gasteiger partial charge in [0.25, 0.3) is 0 Å². The SMILES string of the molecule is CC1CCC(CCc2nc(-c3cccc(-n4cnnn4)c3)no2)O1. The van der Waals surface area contributed by atoms with E-state index in [4.69, 9.17) is 9.26 Å². The Morgan fingerprint density at radius 2 is 2.25 bits per heavy atom. The van der Waals surface area contributed by atoms with E-state index in [0.29, 0.717) is 23.9 Å². The summed E-state index contributed by atoms with van der Waals surface area (Å²) in [6.07, 6.45) is 6.09. The van der Waals surface area contributed by atoms with Crippen LogP contribution in [0.2, 0.25) is 0 Å². The number of hydrogen-bond donors (Lipinski definition) is 0. The molecule has 0 bridgehead atoms. The second-order valence-electron chi connectivity index (χ2n) is 6.00. The number of ether oxygens (including phenoxy) is 1. The maximum Gasteiger partial charge on any atom is 0.227 e. The van der Waals surface area contributed by atoms with Crippen LogP contribution in [0, 0.1) is 0 Å². The van der Waals surface area contributed by atoms with Crippen LogP contribution in [0.4, 0.5) is 0 Å². The van der Waals surface area contributed by atoms with Crippen molar-refractivity contribution in [2.24, 2.45) is 0 Å². The van der Waals surface area contributed by atoms with Crippen molar-refractivity contribution in [2.75, 3.05) is 0 Å². The summed E-state index contributed by atoms with van der Waals surface area (Å²) in [5.74, 6) is 1.21. The molecule has 8 nitrogen and oxygen atoms in total. The van der Waals surface area contributed by atoms with E-state index in [2.05, 4.69) is 32.6 Å². The van der Waals surface area contributed by atoms with Crippen LogP contribution in [0.25, 0.3) is 17.1 Å². The number of nitrogens with zero attached hydrogens (tertiary/aromatic N) is 6. The molecule has 0 N–H and O–H groups in total. The van der Waals surface area contributed by atoms with E-state index in [1.165, 1.54) is 0 Å². The molecule has 124 valence electrons. The molecule has 1 saturated heterocycles. The van der Waals surface area contributed by atoms with Crippen LogP contribution < -0.4 is 0 Å². The van der Waals surface area contributed by atoms with Crippen molar-refractivity contribution in [3.63, 3.8) is 0 Å². The lowest BCUT2D eigenvalue weighted by molar-refractivity contribution is 0.0500. The molecule has 0 amide bonds. The van der Waals surface area contributed by atoms with Crippen molar-refractivity contribution in [3.8, 4) is 17.1 Å². The largest absolute Gasteiger partial charge is 0.375 e. The van der Waals surface area contributed by atoms with Crippen molar-refractivity contribution in [2.45, 2.75) is 44.8 Å². The van der Waals surface area contributed by atoms with Crippen molar-refractivity contribution in [3.05, 3.63) is 36.5 Å². The Labute approximate surface area is 138 Å². The zero-order valence-corrected chi connectivity index (χ0v) is 13.4. The Hall–Kier alpha value is -2.61. The molecule has 1 aliphatic heterocycles. The first-order valence-corrected chi connectivity index (χ1v) is 8.10. The molecule has 24 heavy (non-hydrogen) atoms. The first-order valence-electron chi connectivity index (χ1n) is 8.10. The third kappa shape index (κ3) is 3.18. The minimum absolute atomic E-state index is 0.304. The molecule has 1 aromatic carbocycles. The number of hydrogen-bond acceptors (Lipinski definition) is 7. The summed E-state index contributed by atoms with van der Waals surface area (Å²) in [5.41, 5.74) is 1.71. The summed E-state index contributed by atoms with van der Waals surface area (Å²) in [6.45, 7) is 2.11. The smallest absolute Gasteiger partial charge is 0.227 e. The van der Waals surface area contributed by atoms with Crippen molar-refractivity contribution in [1.82, 2.24) is 30.3 Å². The molecule has 2 unspecified atom stereocenters. The van der Waals surface area contributed by atoms with Crippen LogP contribution in [0.1, 0.15) is 32.1 Å². The van der Waals surface area contributed by atoms with Crippen LogP contribution in [0.3, 0.4) is 0 Å². The summed E-state index contributed by atoms with van der Waals surface area (Å²) < 4.78 is 12.8. The maximum absolute atomic E-state index is 5.82. The fourth-order valence-corrected chi connectivity index (χ4v) is 2.92. The van der Waals surface area contributed by atoms with Gasteiger partial charge < -0.3 is 9.26 Å². The molecular formula is C16H18N6O2. The number of tetrazole rings is 1. The van der Waals surface area contributed by atoms with E-state index in [0.717, 1.165) is 36.9 Å². The molecule has 3 aromatic rings. The normalized spacial score (nSPS) is 20.5. The lowest BCUT2D eigenvalue weighted by Gasteiger charge is -2.08. The summed E-state index contributed by atoms with van der Waals surface area (Å²) in [7, 11) is 0. The highest BCUT2D eigenvalue weighted by Crippen LogP contribution is 2.24. The highest BCUT2D eigenvalue weighted by Gasteiger charge is 2.22. The first kappa shape index (κ1) is 14.9. The Kier molecular flexibility index (Phi) is 4.04. The Morgan fingerprint density at radius 3 is 3.04 bits per heavy atom. The van der Waals surface area contributed by atoms with Gasteiger partial charge in [0.05, 0.1) is 17.9 Å². The van der Waals surface area contributed by atoms with Gasteiger partial charge in [-0.25, -0.2) is 4.68 Å². The minimum Gasteiger partial charge on any atom is -0.375 e. The fraction of sp³-hybridized carbons (Fsp3) is 0.438. The van der Waals surface area contributed by atoms with Crippen LogP contribution in [-0.2, 0) is 11.2 Å². The average Bonchev–Trinajstić information content (AvgIpc) is 3.35. The third-order valence-corrected chi connectivity index (χ3v) is 4.19. The molecule has 1 aliphatic rings. The minimum atomic E-state index is 0.304. The van der Waals surface area contributed by atoms with Gasteiger partial charge in [-0.2, -0.15) is 4.98 Å². The predicted octanol–water partition coefficient (Wildman–Crippen LogP) is 2.21. The standard InChI is InChI=1S/C16H18N6O2/c1-11-5-6-14(23-11)7-8-15-18-16(19-24-15)12-3-2-4-13(9-12)22-10-17-20-21-22/h2-4,9-11,14H,5-8H2,1H3. The van der Waals surface area contributed by atoms with Crippen LogP contribution >= 0.6 is 0 Å². The Morgan fingerprint density at radius 1 is 1.29 bits per heavy atom. The zero-order valence-electron chi connectivity index (χ0n) is 13.4. The molecule has 0 saturated carbocycles. The summed E-state index contributed by atoms with van der Waals surface area (Å²) >= 11 is 0. The highest BCUT2D eigenvalue weighted by atomic mass is 16.5. The number of aryl methyl sites for hydroxylation is 1. The first-order chi connectivity index (χ1) is 11.8. The summed E-state index contributed by atoms with van der Waals surface area (Å²) in [4.78, 5) is 4.49. The monoisotopic (exact) mass is 326 g/mol. The molecule has 0 aliphatic carbocycles. The van der Waals surface area contributed by atoms with E-state index in [9.17, 15) is 0 Å². The van der Waals surface area contributed by atoms with Crippen molar-refractivity contribution >= 4 is 0 Å². The van der Waals surface area contributed by atoms with Crippen LogP contribution in [0.5, 0.6) is 0 Å². The van der Waals surface area contributed by atoms with Gasteiger partial charge in [-0.1, -0.05) is 17.3 Å². The van der Waals surface area contributed by atoms with E-state index < -0.39 is 0 Å². The van der Waals surface area contributed by atoms with Crippen molar-refractivity contribution < 1.29 is 9.26 Å². The molecule has 8 heteroatoms. The lowest BCUT2D eigenvalue weighted by atomic mass is 10.1. The molecule has 1 fully saturated rings. The Balaban J connectivity index is 1.45. The van der Waals surface area contributed by atoms with E-state index in [-0.39, 0.29) is 0 Å². The average molecular weight is 326 g/mol. The van der Waals surface area contributed by atoms with Gasteiger partial charge in [0.2, 0.25) is 11.7 Å².